The van der Waals surface area contributed by atoms with Gasteiger partial charge >= 0.3 is 0 Å². The Hall–Kier alpha value is -0.0900. The van der Waals surface area contributed by atoms with Crippen LogP contribution in [0.2, 0.25) is 5.02 Å². The SMILES string of the molecule is C[C@H](CO)NC1CCc2c(Br)cc(Cl)cc21. The smallest absolute Gasteiger partial charge is 0.0582 e. The Kier molecular flexibility index (Phi) is 3.90. The second-order valence-electron chi connectivity index (χ2n) is 4.30. The molecule has 0 aromatic heterocycles. The first-order chi connectivity index (χ1) is 7.61. The van der Waals surface area contributed by atoms with Crippen LogP contribution in [-0.2, 0) is 6.42 Å². The zero-order valence-electron chi connectivity index (χ0n) is 9.13. The van der Waals surface area contributed by atoms with Crippen LogP contribution in [0.4, 0.5) is 0 Å². The van der Waals surface area contributed by atoms with Gasteiger partial charge in [-0.15, -0.1) is 0 Å². The first kappa shape index (κ1) is 12.4. The minimum Gasteiger partial charge on any atom is -0.395 e. The number of aliphatic hydroxyl groups excluding tert-OH is 1. The van der Waals surface area contributed by atoms with E-state index >= 15 is 0 Å². The van der Waals surface area contributed by atoms with Crippen LogP contribution in [0.25, 0.3) is 0 Å². The first-order valence-corrected chi connectivity index (χ1v) is 6.63. The molecule has 1 aromatic rings. The number of aliphatic hydroxyl groups is 1. The molecular formula is C12H15BrClNO. The average molecular weight is 305 g/mol. The molecule has 0 saturated carbocycles. The van der Waals surface area contributed by atoms with Crippen LogP contribution in [-0.4, -0.2) is 17.8 Å². The summed E-state index contributed by atoms with van der Waals surface area (Å²) in [6, 6.07) is 4.40. The maximum Gasteiger partial charge on any atom is 0.0582 e. The Morgan fingerprint density at radius 1 is 1.62 bits per heavy atom. The summed E-state index contributed by atoms with van der Waals surface area (Å²) in [5, 5.41) is 13.2. The van der Waals surface area contributed by atoms with Crippen LogP contribution >= 0.6 is 27.5 Å². The number of benzene rings is 1. The van der Waals surface area contributed by atoms with Crippen molar-refractivity contribution in [3.8, 4) is 0 Å². The van der Waals surface area contributed by atoms with Gasteiger partial charge in [0, 0.05) is 21.6 Å². The van der Waals surface area contributed by atoms with E-state index in [4.69, 9.17) is 16.7 Å². The lowest BCUT2D eigenvalue weighted by Gasteiger charge is -2.19. The largest absolute Gasteiger partial charge is 0.395 e. The van der Waals surface area contributed by atoms with Crippen LogP contribution in [0.15, 0.2) is 16.6 Å². The fourth-order valence-corrected chi connectivity index (χ4v) is 3.24. The maximum atomic E-state index is 9.05. The van der Waals surface area contributed by atoms with E-state index in [1.807, 2.05) is 19.1 Å². The molecule has 88 valence electrons. The predicted molar refractivity (Wildman–Crippen MR) is 69.9 cm³/mol. The molecule has 0 spiro atoms. The molecule has 2 N–H and O–H groups in total. The Bertz CT molecular complexity index is 397. The van der Waals surface area contributed by atoms with Crippen molar-refractivity contribution in [3.05, 3.63) is 32.8 Å². The van der Waals surface area contributed by atoms with Gasteiger partial charge in [-0.1, -0.05) is 27.5 Å². The van der Waals surface area contributed by atoms with Gasteiger partial charge in [0.25, 0.3) is 0 Å². The second-order valence-corrected chi connectivity index (χ2v) is 5.59. The van der Waals surface area contributed by atoms with Gasteiger partial charge in [0.1, 0.15) is 0 Å². The fraction of sp³-hybridized carbons (Fsp3) is 0.500. The highest BCUT2D eigenvalue weighted by Crippen LogP contribution is 2.38. The van der Waals surface area contributed by atoms with Crippen molar-refractivity contribution in [2.75, 3.05) is 6.61 Å². The zero-order chi connectivity index (χ0) is 11.7. The van der Waals surface area contributed by atoms with E-state index in [9.17, 15) is 0 Å². The molecule has 1 aromatic carbocycles. The summed E-state index contributed by atoms with van der Waals surface area (Å²) in [5.41, 5.74) is 2.60. The van der Waals surface area contributed by atoms with E-state index in [1.54, 1.807) is 0 Å². The summed E-state index contributed by atoms with van der Waals surface area (Å²) in [6.45, 7) is 2.14. The molecule has 0 heterocycles. The normalized spacial score (nSPS) is 20.9. The van der Waals surface area contributed by atoms with Crippen LogP contribution in [0.5, 0.6) is 0 Å². The summed E-state index contributed by atoms with van der Waals surface area (Å²) in [4.78, 5) is 0. The lowest BCUT2D eigenvalue weighted by molar-refractivity contribution is 0.240. The number of hydrogen-bond acceptors (Lipinski definition) is 2. The van der Waals surface area contributed by atoms with Gasteiger partial charge in [-0.2, -0.15) is 0 Å². The van der Waals surface area contributed by atoms with Crippen molar-refractivity contribution >= 4 is 27.5 Å². The Labute approximate surface area is 109 Å². The average Bonchev–Trinajstić information content (AvgIpc) is 2.61. The van der Waals surface area contributed by atoms with E-state index in [-0.39, 0.29) is 12.6 Å². The number of hydrogen-bond donors (Lipinski definition) is 2. The minimum absolute atomic E-state index is 0.119. The molecule has 0 saturated heterocycles. The Balaban J connectivity index is 2.25. The molecule has 0 radical (unpaired) electrons. The molecule has 2 rings (SSSR count). The van der Waals surface area contributed by atoms with Crippen LogP contribution in [0.1, 0.15) is 30.5 Å². The summed E-state index contributed by atoms with van der Waals surface area (Å²) >= 11 is 9.60. The van der Waals surface area contributed by atoms with Crippen molar-refractivity contribution in [2.24, 2.45) is 0 Å². The number of rotatable bonds is 3. The molecular weight excluding hydrogens is 289 g/mol. The number of nitrogens with one attached hydrogen (secondary N) is 1. The monoisotopic (exact) mass is 303 g/mol. The third-order valence-electron chi connectivity index (χ3n) is 3.01. The van der Waals surface area contributed by atoms with Gasteiger partial charge < -0.3 is 10.4 Å². The van der Waals surface area contributed by atoms with Crippen LogP contribution < -0.4 is 5.32 Å². The molecule has 2 atom stereocenters. The predicted octanol–water partition coefficient (Wildman–Crippen LogP) is 3.06. The van der Waals surface area contributed by atoms with Crippen LogP contribution in [0.3, 0.4) is 0 Å². The Morgan fingerprint density at radius 3 is 3.06 bits per heavy atom. The summed E-state index contributed by atoms with van der Waals surface area (Å²) in [6.07, 6.45) is 2.13. The molecule has 1 aliphatic rings. The van der Waals surface area contributed by atoms with E-state index in [0.29, 0.717) is 6.04 Å². The van der Waals surface area contributed by atoms with Gasteiger partial charge in [0.05, 0.1) is 6.61 Å². The topological polar surface area (TPSA) is 32.3 Å². The first-order valence-electron chi connectivity index (χ1n) is 5.46. The Morgan fingerprint density at radius 2 is 2.38 bits per heavy atom. The zero-order valence-corrected chi connectivity index (χ0v) is 11.5. The van der Waals surface area contributed by atoms with Gasteiger partial charge in [-0.05, 0) is 43.0 Å². The summed E-state index contributed by atoms with van der Waals surface area (Å²) in [5.74, 6) is 0. The van der Waals surface area contributed by atoms with E-state index < -0.39 is 0 Å². The van der Waals surface area contributed by atoms with E-state index in [2.05, 4.69) is 21.2 Å². The van der Waals surface area contributed by atoms with Crippen molar-refractivity contribution in [1.82, 2.24) is 5.32 Å². The fourth-order valence-electron chi connectivity index (χ4n) is 2.21. The highest BCUT2D eigenvalue weighted by Gasteiger charge is 2.25. The van der Waals surface area contributed by atoms with Crippen molar-refractivity contribution in [1.29, 1.82) is 0 Å². The molecule has 0 bridgehead atoms. The number of fused-ring (bicyclic) bond motifs is 1. The lowest BCUT2D eigenvalue weighted by atomic mass is 10.1. The molecule has 16 heavy (non-hydrogen) atoms. The third kappa shape index (κ3) is 2.43. The highest BCUT2D eigenvalue weighted by molar-refractivity contribution is 9.10. The lowest BCUT2D eigenvalue weighted by Crippen LogP contribution is -2.32. The highest BCUT2D eigenvalue weighted by atomic mass is 79.9. The molecule has 0 amide bonds. The van der Waals surface area contributed by atoms with Crippen LogP contribution in [0, 0.1) is 0 Å². The number of halogens is 2. The van der Waals surface area contributed by atoms with Gasteiger partial charge in [-0.3, -0.25) is 0 Å². The van der Waals surface area contributed by atoms with Gasteiger partial charge in [-0.25, -0.2) is 0 Å². The second kappa shape index (κ2) is 5.05. The van der Waals surface area contributed by atoms with Crippen molar-refractivity contribution < 1.29 is 5.11 Å². The molecule has 1 unspecified atom stereocenters. The van der Waals surface area contributed by atoms with Gasteiger partial charge in [0.15, 0.2) is 0 Å². The molecule has 4 heteroatoms. The maximum absolute atomic E-state index is 9.05. The third-order valence-corrected chi connectivity index (χ3v) is 3.94. The molecule has 0 fully saturated rings. The van der Waals surface area contributed by atoms with E-state index in [1.165, 1.54) is 11.1 Å². The van der Waals surface area contributed by atoms with Gasteiger partial charge in [0.2, 0.25) is 0 Å². The molecule has 0 aliphatic heterocycles. The standard InChI is InChI=1S/C12H15BrClNO/c1-7(6-16)15-12-3-2-9-10(12)4-8(14)5-11(9)13/h4-5,7,12,15-16H,2-3,6H2,1H3/t7-,12?/m1/s1. The van der Waals surface area contributed by atoms with Crippen molar-refractivity contribution in [2.45, 2.75) is 31.8 Å². The van der Waals surface area contributed by atoms with Crippen molar-refractivity contribution in [3.63, 3.8) is 0 Å². The minimum atomic E-state index is 0.119. The molecule has 1 aliphatic carbocycles. The van der Waals surface area contributed by atoms with E-state index in [0.717, 1.165) is 22.3 Å². The summed E-state index contributed by atoms with van der Waals surface area (Å²) < 4.78 is 1.09. The molecule has 2 nitrogen and oxygen atoms in total. The summed E-state index contributed by atoms with van der Waals surface area (Å²) in [7, 11) is 0. The quantitative estimate of drug-likeness (QED) is 0.899.